The number of allylic oxidation sites excluding steroid dienone is 6. The molecule has 34 heavy (non-hydrogen) atoms. The third-order valence-electron chi connectivity index (χ3n) is 5.64. The topological polar surface area (TPSA) is 80.7 Å². The second kappa shape index (κ2) is 8.64. The van der Waals surface area contributed by atoms with Crippen LogP contribution in [0.3, 0.4) is 0 Å². The van der Waals surface area contributed by atoms with Crippen molar-refractivity contribution in [3.63, 3.8) is 0 Å². The quantitative estimate of drug-likeness (QED) is 0.236. The van der Waals surface area contributed by atoms with Gasteiger partial charge < -0.3 is 9.84 Å². The second-order valence-corrected chi connectivity index (χ2v) is 7.74. The molecule has 0 unspecified atom stereocenters. The summed E-state index contributed by atoms with van der Waals surface area (Å²) in [7, 11) is 0. The van der Waals surface area contributed by atoms with Gasteiger partial charge in [0.1, 0.15) is 17.3 Å². The number of rotatable bonds is 5. The Labute approximate surface area is 195 Å². The van der Waals surface area contributed by atoms with Crippen molar-refractivity contribution < 1.29 is 24.2 Å². The van der Waals surface area contributed by atoms with Crippen LogP contribution in [-0.2, 0) is 0 Å². The molecule has 1 N–H and O–H groups in total. The highest BCUT2D eigenvalue weighted by Gasteiger charge is 2.32. The molecule has 3 aromatic carbocycles. The molecule has 0 atom stereocenters. The molecule has 5 rings (SSSR count). The Kier molecular flexibility index (Phi) is 5.36. The number of ketones is 3. The number of hydrogen-bond donors (Lipinski definition) is 1. The molecular weight excluding hydrogens is 428 g/mol. The van der Waals surface area contributed by atoms with E-state index in [1.807, 2.05) is 6.07 Å². The van der Waals surface area contributed by atoms with E-state index < -0.39 is 0 Å². The van der Waals surface area contributed by atoms with Crippen LogP contribution in [0.2, 0.25) is 0 Å². The zero-order valence-electron chi connectivity index (χ0n) is 17.9. The lowest BCUT2D eigenvalue weighted by atomic mass is 10.1. The lowest BCUT2D eigenvalue weighted by molar-refractivity contribution is 0.0986. The fourth-order valence-electron chi connectivity index (χ4n) is 3.94. The molecule has 2 aliphatic carbocycles. The van der Waals surface area contributed by atoms with Gasteiger partial charge in [0, 0.05) is 22.3 Å². The average molecular weight is 446 g/mol. The van der Waals surface area contributed by atoms with Crippen molar-refractivity contribution in [2.24, 2.45) is 0 Å². The van der Waals surface area contributed by atoms with Gasteiger partial charge in [0.15, 0.2) is 17.3 Å². The molecule has 0 spiro atoms. The van der Waals surface area contributed by atoms with Gasteiger partial charge in [0.05, 0.1) is 11.1 Å². The molecule has 0 saturated heterocycles. The minimum Gasteiger partial charge on any atom is -0.507 e. The smallest absolute Gasteiger partial charge is 0.197 e. The Morgan fingerprint density at radius 1 is 0.676 bits per heavy atom. The van der Waals surface area contributed by atoms with Gasteiger partial charge in [0.2, 0.25) is 0 Å². The van der Waals surface area contributed by atoms with Crippen LogP contribution in [-0.4, -0.2) is 22.5 Å². The molecule has 2 aliphatic rings. The molecule has 0 amide bonds. The van der Waals surface area contributed by atoms with Crippen LogP contribution in [0.5, 0.6) is 5.75 Å². The van der Waals surface area contributed by atoms with Gasteiger partial charge in [-0.3, -0.25) is 14.4 Å². The highest BCUT2D eigenvalue weighted by atomic mass is 16.5. The highest BCUT2D eigenvalue weighted by Crippen LogP contribution is 2.32. The molecule has 0 heterocycles. The SMILES string of the molecule is O=C1C(=C/C=C(/C=C/C2=C(O)c3ccccc3C2=O)Oc2ccccc2)C(=O)c2ccccc21. The Balaban J connectivity index is 1.50. The fourth-order valence-corrected chi connectivity index (χ4v) is 3.94. The van der Waals surface area contributed by atoms with Crippen LogP contribution in [0.15, 0.2) is 120 Å². The standard InChI is InChI=1S/C29H18O5/c30-26-20-10-4-5-11-21(20)27(31)24(26)16-14-19(34-18-8-2-1-3-9-18)15-17-25-28(32)22-12-6-7-13-23(22)29(25)33/h1-17,30H/b16-14+,19-15-. The van der Waals surface area contributed by atoms with Crippen molar-refractivity contribution >= 4 is 23.1 Å². The summed E-state index contributed by atoms with van der Waals surface area (Å²) >= 11 is 0. The third-order valence-corrected chi connectivity index (χ3v) is 5.64. The van der Waals surface area contributed by atoms with Crippen LogP contribution in [0.25, 0.3) is 5.76 Å². The molecule has 5 nitrogen and oxygen atoms in total. The van der Waals surface area contributed by atoms with Gasteiger partial charge in [-0.05, 0) is 36.4 Å². The minimum atomic E-state index is -0.346. The van der Waals surface area contributed by atoms with Gasteiger partial charge >= 0.3 is 0 Å². The largest absolute Gasteiger partial charge is 0.507 e. The number of fused-ring (bicyclic) bond motifs is 2. The first-order valence-corrected chi connectivity index (χ1v) is 10.6. The Hall–Kier alpha value is -4.77. The Morgan fingerprint density at radius 3 is 1.79 bits per heavy atom. The molecule has 164 valence electrons. The van der Waals surface area contributed by atoms with E-state index in [0.717, 1.165) is 0 Å². The molecule has 3 aromatic rings. The monoisotopic (exact) mass is 446 g/mol. The molecule has 0 aromatic heterocycles. The van der Waals surface area contributed by atoms with E-state index in [4.69, 9.17) is 4.74 Å². The first-order chi connectivity index (χ1) is 16.5. The van der Waals surface area contributed by atoms with Gasteiger partial charge in [-0.2, -0.15) is 0 Å². The summed E-state index contributed by atoms with van der Waals surface area (Å²) in [5, 5.41) is 10.5. The highest BCUT2D eigenvalue weighted by molar-refractivity contribution is 6.39. The van der Waals surface area contributed by atoms with Crippen LogP contribution in [0, 0.1) is 0 Å². The maximum Gasteiger partial charge on any atom is 0.197 e. The first-order valence-electron chi connectivity index (χ1n) is 10.6. The number of Topliss-reactive ketones (excluding diaryl/α,β-unsaturated/α-hetero) is 3. The van der Waals surface area contributed by atoms with E-state index in [1.54, 1.807) is 72.8 Å². The second-order valence-electron chi connectivity index (χ2n) is 7.74. The van der Waals surface area contributed by atoms with Gasteiger partial charge in [-0.15, -0.1) is 0 Å². The summed E-state index contributed by atoms with van der Waals surface area (Å²) < 4.78 is 5.92. The number of hydrogen-bond acceptors (Lipinski definition) is 5. The van der Waals surface area contributed by atoms with Crippen LogP contribution < -0.4 is 4.74 Å². The van der Waals surface area contributed by atoms with Gasteiger partial charge in [-0.25, -0.2) is 0 Å². The number of carbonyl (C=O) groups excluding carboxylic acids is 3. The summed E-state index contributed by atoms with van der Waals surface area (Å²) in [6.07, 6.45) is 5.92. The fraction of sp³-hybridized carbons (Fsp3) is 0. The summed E-state index contributed by atoms with van der Waals surface area (Å²) in [6, 6.07) is 22.5. The predicted molar refractivity (Wildman–Crippen MR) is 128 cm³/mol. The number of carbonyl (C=O) groups is 3. The molecule has 0 saturated carbocycles. The molecule has 0 bridgehead atoms. The molecule has 5 heteroatoms. The zero-order chi connectivity index (χ0) is 23.7. The number of benzene rings is 3. The summed E-state index contributed by atoms with van der Waals surface area (Å²) in [5.41, 5.74) is 1.82. The van der Waals surface area contributed by atoms with E-state index >= 15 is 0 Å². The maximum absolute atomic E-state index is 12.7. The summed E-state index contributed by atoms with van der Waals surface area (Å²) in [5.74, 6) is -0.282. The maximum atomic E-state index is 12.7. The molecule has 0 radical (unpaired) electrons. The molecular formula is C29H18O5. The van der Waals surface area contributed by atoms with E-state index in [0.29, 0.717) is 28.0 Å². The van der Waals surface area contributed by atoms with Crippen molar-refractivity contribution in [2.75, 3.05) is 0 Å². The number of aliphatic hydroxyl groups is 1. The van der Waals surface area contributed by atoms with Crippen molar-refractivity contribution in [1.29, 1.82) is 0 Å². The molecule has 0 fully saturated rings. The number of ether oxygens (including phenoxy) is 1. The lowest BCUT2D eigenvalue weighted by Crippen LogP contribution is -2.01. The van der Waals surface area contributed by atoms with E-state index in [2.05, 4.69) is 0 Å². The molecule has 0 aliphatic heterocycles. The van der Waals surface area contributed by atoms with Crippen LogP contribution >= 0.6 is 0 Å². The minimum absolute atomic E-state index is 0.0372. The van der Waals surface area contributed by atoms with E-state index in [1.165, 1.54) is 24.3 Å². The predicted octanol–water partition coefficient (Wildman–Crippen LogP) is 5.68. The van der Waals surface area contributed by atoms with Crippen molar-refractivity contribution in [3.8, 4) is 5.75 Å². The van der Waals surface area contributed by atoms with Crippen LogP contribution in [0.4, 0.5) is 0 Å². The Morgan fingerprint density at radius 2 is 1.21 bits per heavy atom. The Bertz CT molecular complexity index is 1430. The van der Waals surface area contributed by atoms with E-state index in [-0.39, 0.29) is 40.0 Å². The average Bonchev–Trinajstić information content (AvgIpc) is 3.26. The normalized spacial score (nSPS) is 15.2. The van der Waals surface area contributed by atoms with Crippen molar-refractivity contribution in [1.82, 2.24) is 0 Å². The number of para-hydroxylation sites is 1. The van der Waals surface area contributed by atoms with Gasteiger partial charge in [0.25, 0.3) is 0 Å². The zero-order valence-corrected chi connectivity index (χ0v) is 17.9. The summed E-state index contributed by atoms with van der Waals surface area (Å²) in [4.78, 5) is 38.1. The van der Waals surface area contributed by atoms with Crippen LogP contribution in [0.1, 0.15) is 36.6 Å². The van der Waals surface area contributed by atoms with Crippen molar-refractivity contribution in [2.45, 2.75) is 0 Å². The first kappa shape index (κ1) is 21.1. The third kappa shape index (κ3) is 3.69. The lowest BCUT2D eigenvalue weighted by Gasteiger charge is -2.06. The number of aliphatic hydroxyl groups excluding tert-OH is 1. The van der Waals surface area contributed by atoms with Crippen molar-refractivity contribution in [3.05, 3.63) is 142 Å². The van der Waals surface area contributed by atoms with Gasteiger partial charge in [-0.1, -0.05) is 66.7 Å². The van der Waals surface area contributed by atoms with E-state index in [9.17, 15) is 19.5 Å². The summed E-state index contributed by atoms with van der Waals surface area (Å²) in [6.45, 7) is 0.